The molecule has 0 bridgehead atoms. The first-order valence-corrected chi connectivity index (χ1v) is 9.40. The van der Waals surface area contributed by atoms with E-state index in [9.17, 15) is 9.59 Å². The summed E-state index contributed by atoms with van der Waals surface area (Å²) in [5.74, 6) is 1.64. The SMILES string of the molecule is COc1ccc(N2C(=O)C[C@@H](N(C)CCc3ccc(OC)c(OC)c3)C2=O)cc1. The zero-order chi connectivity index (χ0) is 21.0. The lowest BCUT2D eigenvalue weighted by Gasteiger charge is -2.23. The van der Waals surface area contributed by atoms with Gasteiger partial charge in [-0.25, -0.2) is 4.90 Å². The summed E-state index contributed by atoms with van der Waals surface area (Å²) in [6.45, 7) is 0.635. The Balaban J connectivity index is 1.66. The van der Waals surface area contributed by atoms with E-state index >= 15 is 0 Å². The number of hydrogen-bond acceptors (Lipinski definition) is 6. The van der Waals surface area contributed by atoms with Crippen LogP contribution in [0, 0.1) is 0 Å². The summed E-state index contributed by atoms with van der Waals surface area (Å²) < 4.78 is 15.7. The molecule has 0 aliphatic carbocycles. The van der Waals surface area contributed by atoms with Crippen LogP contribution in [0.4, 0.5) is 5.69 Å². The topological polar surface area (TPSA) is 68.3 Å². The van der Waals surface area contributed by atoms with Gasteiger partial charge in [-0.05, 0) is 55.4 Å². The van der Waals surface area contributed by atoms with Crippen LogP contribution in [-0.4, -0.2) is 57.7 Å². The van der Waals surface area contributed by atoms with Gasteiger partial charge in [0.15, 0.2) is 11.5 Å². The molecule has 7 heteroatoms. The maximum atomic E-state index is 12.9. The highest BCUT2D eigenvalue weighted by Crippen LogP contribution is 2.29. The van der Waals surface area contributed by atoms with Crippen molar-refractivity contribution in [1.82, 2.24) is 4.90 Å². The predicted molar refractivity (Wildman–Crippen MR) is 110 cm³/mol. The number of amides is 2. The normalized spacial score (nSPS) is 16.4. The Kier molecular flexibility index (Phi) is 6.39. The van der Waals surface area contributed by atoms with Gasteiger partial charge in [0, 0.05) is 6.54 Å². The molecule has 0 aromatic heterocycles. The first-order chi connectivity index (χ1) is 14.0. The number of benzene rings is 2. The zero-order valence-electron chi connectivity index (χ0n) is 17.2. The van der Waals surface area contributed by atoms with Crippen molar-refractivity contribution in [1.29, 1.82) is 0 Å². The lowest BCUT2D eigenvalue weighted by Crippen LogP contribution is -2.40. The fourth-order valence-electron chi connectivity index (χ4n) is 3.46. The van der Waals surface area contributed by atoms with Gasteiger partial charge in [0.25, 0.3) is 5.91 Å². The molecule has 3 rings (SSSR count). The minimum atomic E-state index is -0.468. The maximum absolute atomic E-state index is 12.9. The maximum Gasteiger partial charge on any atom is 0.251 e. The van der Waals surface area contributed by atoms with Crippen LogP contribution < -0.4 is 19.1 Å². The summed E-state index contributed by atoms with van der Waals surface area (Å²) in [4.78, 5) is 28.6. The molecule has 0 saturated carbocycles. The average Bonchev–Trinajstić information content (AvgIpc) is 3.05. The molecule has 1 saturated heterocycles. The predicted octanol–water partition coefficient (Wildman–Crippen LogP) is 2.52. The summed E-state index contributed by atoms with van der Waals surface area (Å²) in [6, 6.07) is 12.2. The quantitative estimate of drug-likeness (QED) is 0.637. The number of ether oxygens (including phenoxy) is 3. The molecule has 1 heterocycles. The molecule has 0 N–H and O–H groups in total. The molecule has 2 aromatic carbocycles. The molecule has 1 aliphatic heterocycles. The van der Waals surface area contributed by atoms with E-state index in [-0.39, 0.29) is 18.2 Å². The van der Waals surface area contributed by atoms with Gasteiger partial charge in [-0.3, -0.25) is 14.5 Å². The molecule has 0 radical (unpaired) electrons. The van der Waals surface area contributed by atoms with Crippen LogP contribution in [0.1, 0.15) is 12.0 Å². The van der Waals surface area contributed by atoms with Gasteiger partial charge < -0.3 is 14.2 Å². The summed E-state index contributed by atoms with van der Waals surface area (Å²) >= 11 is 0. The Morgan fingerprint density at radius 2 is 1.66 bits per heavy atom. The number of rotatable bonds is 8. The zero-order valence-corrected chi connectivity index (χ0v) is 17.2. The molecule has 1 fully saturated rings. The van der Waals surface area contributed by atoms with Crippen LogP contribution in [-0.2, 0) is 16.0 Å². The number of anilines is 1. The first kappa shape index (κ1) is 20.7. The highest BCUT2D eigenvalue weighted by atomic mass is 16.5. The molecule has 1 aliphatic rings. The van der Waals surface area contributed by atoms with Crippen molar-refractivity contribution in [2.45, 2.75) is 18.9 Å². The molecular weight excluding hydrogens is 372 g/mol. The highest BCUT2D eigenvalue weighted by molar-refractivity contribution is 6.22. The van der Waals surface area contributed by atoms with Crippen molar-refractivity contribution >= 4 is 17.5 Å². The second-order valence-corrected chi connectivity index (χ2v) is 6.91. The van der Waals surface area contributed by atoms with E-state index in [0.29, 0.717) is 29.5 Å². The van der Waals surface area contributed by atoms with Gasteiger partial charge >= 0.3 is 0 Å². The van der Waals surface area contributed by atoms with Crippen molar-refractivity contribution in [2.75, 3.05) is 39.8 Å². The largest absolute Gasteiger partial charge is 0.497 e. The van der Waals surface area contributed by atoms with Crippen LogP contribution in [0.5, 0.6) is 17.2 Å². The Labute approximate surface area is 170 Å². The number of carbonyl (C=O) groups excluding carboxylic acids is 2. The molecule has 2 amide bonds. The van der Waals surface area contributed by atoms with Gasteiger partial charge in [-0.15, -0.1) is 0 Å². The van der Waals surface area contributed by atoms with E-state index in [1.54, 1.807) is 45.6 Å². The number of carbonyl (C=O) groups is 2. The Morgan fingerprint density at radius 1 is 0.966 bits per heavy atom. The molecular formula is C22H26N2O5. The first-order valence-electron chi connectivity index (χ1n) is 9.40. The summed E-state index contributed by atoms with van der Waals surface area (Å²) in [6.07, 6.45) is 0.894. The van der Waals surface area contributed by atoms with Crippen LogP contribution in [0.25, 0.3) is 0 Å². The third kappa shape index (κ3) is 4.35. The summed E-state index contributed by atoms with van der Waals surface area (Å²) in [7, 11) is 6.64. The van der Waals surface area contributed by atoms with Gasteiger partial charge in [-0.1, -0.05) is 6.07 Å². The van der Waals surface area contributed by atoms with Crippen molar-refractivity contribution in [3.05, 3.63) is 48.0 Å². The number of nitrogens with zero attached hydrogens (tertiary/aromatic N) is 2. The Bertz CT molecular complexity index is 881. The lowest BCUT2D eigenvalue weighted by atomic mass is 10.1. The van der Waals surface area contributed by atoms with E-state index in [4.69, 9.17) is 14.2 Å². The molecule has 7 nitrogen and oxygen atoms in total. The Hall–Kier alpha value is -3.06. The second-order valence-electron chi connectivity index (χ2n) is 6.91. The van der Waals surface area contributed by atoms with E-state index in [1.165, 1.54) is 4.90 Å². The number of imide groups is 1. The second kappa shape index (κ2) is 8.96. The van der Waals surface area contributed by atoms with E-state index in [1.807, 2.05) is 30.1 Å². The van der Waals surface area contributed by atoms with E-state index in [2.05, 4.69) is 0 Å². The molecule has 1 atom stereocenters. The lowest BCUT2D eigenvalue weighted by molar-refractivity contribution is -0.122. The third-order valence-corrected chi connectivity index (χ3v) is 5.19. The smallest absolute Gasteiger partial charge is 0.251 e. The number of hydrogen-bond donors (Lipinski definition) is 0. The van der Waals surface area contributed by atoms with Gasteiger partial charge in [0.1, 0.15) is 5.75 Å². The fourth-order valence-corrected chi connectivity index (χ4v) is 3.46. The van der Waals surface area contributed by atoms with Crippen LogP contribution >= 0.6 is 0 Å². The third-order valence-electron chi connectivity index (χ3n) is 5.19. The number of likely N-dealkylation sites (N-methyl/N-ethyl adjacent to an activating group) is 1. The van der Waals surface area contributed by atoms with Gasteiger partial charge in [-0.2, -0.15) is 0 Å². The highest BCUT2D eigenvalue weighted by Gasteiger charge is 2.41. The Morgan fingerprint density at radius 3 is 2.28 bits per heavy atom. The molecule has 154 valence electrons. The van der Waals surface area contributed by atoms with Crippen LogP contribution in [0.15, 0.2) is 42.5 Å². The molecule has 0 unspecified atom stereocenters. The van der Waals surface area contributed by atoms with E-state index < -0.39 is 6.04 Å². The summed E-state index contributed by atoms with van der Waals surface area (Å²) in [5, 5.41) is 0. The van der Waals surface area contributed by atoms with Crippen LogP contribution in [0.2, 0.25) is 0 Å². The molecule has 0 spiro atoms. The van der Waals surface area contributed by atoms with Crippen molar-refractivity contribution in [2.24, 2.45) is 0 Å². The van der Waals surface area contributed by atoms with Crippen molar-refractivity contribution in [3.8, 4) is 17.2 Å². The van der Waals surface area contributed by atoms with Crippen molar-refractivity contribution in [3.63, 3.8) is 0 Å². The minimum absolute atomic E-state index is 0.174. The minimum Gasteiger partial charge on any atom is -0.497 e. The van der Waals surface area contributed by atoms with Gasteiger partial charge in [0.05, 0.1) is 39.5 Å². The number of methoxy groups -OCH3 is 3. The molecule has 2 aromatic rings. The van der Waals surface area contributed by atoms with E-state index in [0.717, 1.165) is 12.0 Å². The summed E-state index contributed by atoms with van der Waals surface area (Å²) in [5.41, 5.74) is 1.63. The monoisotopic (exact) mass is 398 g/mol. The average molecular weight is 398 g/mol. The fraction of sp³-hybridized carbons (Fsp3) is 0.364. The molecule has 29 heavy (non-hydrogen) atoms. The van der Waals surface area contributed by atoms with Crippen molar-refractivity contribution < 1.29 is 23.8 Å². The van der Waals surface area contributed by atoms with Gasteiger partial charge in [0.2, 0.25) is 5.91 Å². The standard InChI is InChI=1S/C22H26N2O5/c1-23(12-11-15-5-10-19(28-3)20(13-15)29-4)18-14-21(25)24(22(18)26)16-6-8-17(27-2)9-7-16/h5-10,13,18H,11-12,14H2,1-4H3/t18-/m1/s1. The van der Waals surface area contributed by atoms with Crippen LogP contribution in [0.3, 0.4) is 0 Å².